The van der Waals surface area contributed by atoms with Gasteiger partial charge < -0.3 is 9.64 Å². The lowest BCUT2D eigenvalue weighted by Gasteiger charge is -2.26. The zero-order valence-corrected chi connectivity index (χ0v) is 16.6. The molecule has 1 atom stereocenters. The van der Waals surface area contributed by atoms with Crippen molar-refractivity contribution in [3.63, 3.8) is 0 Å². The van der Waals surface area contributed by atoms with Crippen molar-refractivity contribution in [2.24, 2.45) is 0 Å². The molecule has 1 fully saturated rings. The molecule has 0 bridgehead atoms. The Balaban J connectivity index is 1.81. The number of methoxy groups -OCH3 is 1. The molecule has 2 aromatic rings. The van der Waals surface area contributed by atoms with Crippen LogP contribution in [0, 0.1) is 0 Å². The number of ether oxygens (including phenoxy) is 1. The fourth-order valence-corrected chi connectivity index (χ4v) is 3.41. The number of anilines is 1. The summed E-state index contributed by atoms with van der Waals surface area (Å²) in [7, 11) is 1.27. The van der Waals surface area contributed by atoms with E-state index in [1.807, 2.05) is 30.3 Å². The quantitative estimate of drug-likeness (QED) is 0.400. The first-order valence-electron chi connectivity index (χ1n) is 9.45. The number of nitrogens with zero attached hydrogens (tertiary/aromatic N) is 2. The maximum atomic E-state index is 13.0. The summed E-state index contributed by atoms with van der Waals surface area (Å²) in [5, 5.41) is 0. The molecule has 1 heterocycles. The molecule has 0 aliphatic carbocycles. The molecule has 154 valence electrons. The number of esters is 1. The Morgan fingerprint density at radius 3 is 2.40 bits per heavy atom. The van der Waals surface area contributed by atoms with Gasteiger partial charge in [0, 0.05) is 6.54 Å². The van der Waals surface area contributed by atoms with Crippen LogP contribution in [0.3, 0.4) is 0 Å². The van der Waals surface area contributed by atoms with Crippen LogP contribution in [0.5, 0.6) is 0 Å². The van der Waals surface area contributed by atoms with E-state index >= 15 is 0 Å². The molecule has 7 heteroatoms. The number of hydrogen-bond donors (Lipinski definition) is 0. The number of rotatable bonds is 7. The molecule has 7 nitrogen and oxygen atoms in total. The first-order valence-corrected chi connectivity index (χ1v) is 9.45. The Hall–Kier alpha value is -3.74. The van der Waals surface area contributed by atoms with E-state index in [1.165, 1.54) is 42.4 Å². The van der Waals surface area contributed by atoms with Gasteiger partial charge >= 0.3 is 5.97 Å². The van der Waals surface area contributed by atoms with Crippen LogP contribution in [-0.4, -0.2) is 48.3 Å². The fourth-order valence-electron chi connectivity index (χ4n) is 3.41. The van der Waals surface area contributed by atoms with Gasteiger partial charge in [0.25, 0.3) is 5.91 Å². The van der Waals surface area contributed by atoms with Crippen LogP contribution in [0.1, 0.15) is 22.3 Å². The monoisotopic (exact) mass is 406 g/mol. The molecular formula is C23H22N2O5. The van der Waals surface area contributed by atoms with Crippen molar-refractivity contribution in [1.82, 2.24) is 4.90 Å². The van der Waals surface area contributed by atoms with E-state index in [0.717, 1.165) is 10.5 Å². The molecule has 0 spiro atoms. The molecule has 3 rings (SSSR count). The van der Waals surface area contributed by atoms with E-state index in [-0.39, 0.29) is 25.3 Å². The average Bonchev–Trinajstić information content (AvgIpc) is 3.05. The van der Waals surface area contributed by atoms with Crippen molar-refractivity contribution in [2.75, 3.05) is 18.6 Å². The van der Waals surface area contributed by atoms with E-state index in [9.17, 15) is 19.2 Å². The zero-order chi connectivity index (χ0) is 21.7. The predicted octanol–water partition coefficient (Wildman–Crippen LogP) is 2.36. The van der Waals surface area contributed by atoms with Gasteiger partial charge in [-0.2, -0.15) is 0 Å². The lowest BCUT2D eigenvalue weighted by Crippen LogP contribution is -2.46. The van der Waals surface area contributed by atoms with E-state index < -0.39 is 23.8 Å². The molecule has 2 aromatic carbocycles. The van der Waals surface area contributed by atoms with Crippen molar-refractivity contribution in [3.05, 3.63) is 78.4 Å². The number of benzene rings is 2. The van der Waals surface area contributed by atoms with Gasteiger partial charge in [-0.1, -0.05) is 36.4 Å². The second-order valence-corrected chi connectivity index (χ2v) is 6.82. The summed E-state index contributed by atoms with van der Waals surface area (Å²) in [6.07, 6.45) is 1.56. The molecule has 0 saturated carbocycles. The highest BCUT2D eigenvalue weighted by atomic mass is 16.5. The zero-order valence-electron chi connectivity index (χ0n) is 16.6. The molecule has 0 aromatic heterocycles. The third kappa shape index (κ3) is 4.30. The Morgan fingerprint density at radius 2 is 1.80 bits per heavy atom. The van der Waals surface area contributed by atoms with Gasteiger partial charge in [0.05, 0.1) is 31.2 Å². The number of carbonyl (C=O) groups excluding carboxylic acids is 4. The number of carbonyl (C=O) groups is 4. The van der Waals surface area contributed by atoms with Gasteiger partial charge in [-0.15, -0.1) is 6.58 Å². The minimum absolute atomic E-state index is 0.105. The fraction of sp³-hybridized carbons (Fsp3) is 0.217. The first kappa shape index (κ1) is 21.0. The van der Waals surface area contributed by atoms with Gasteiger partial charge in [0.1, 0.15) is 6.04 Å². The van der Waals surface area contributed by atoms with Crippen molar-refractivity contribution in [1.29, 1.82) is 0 Å². The molecule has 1 aliphatic rings. The Morgan fingerprint density at radius 1 is 1.13 bits per heavy atom. The van der Waals surface area contributed by atoms with E-state index in [4.69, 9.17) is 0 Å². The van der Waals surface area contributed by atoms with Crippen molar-refractivity contribution < 1.29 is 23.9 Å². The van der Waals surface area contributed by atoms with E-state index in [0.29, 0.717) is 11.3 Å². The average molecular weight is 406 g/mol. The van der Waals surface area contributed by atoms with E-state index in [2.05, 4.69) is 11.3 Å². The lowest BCUT2D eigenvalue weighted by molar-refractivity contribution is -0.137. The highest BCUT2D eigenvalue weighted by Gasteiger charge is 2.44. The maximum absolute atomic E-state index is 13.0. The molecule has 0 N–H and O–H groups in total. The van der Waals surface area contributed by atoms with Gasteiger partial charge in [-0.25, -0.2) is 9.69 Å². The molecule has 1 unspecified atom stereocenters. The summed E-state index contributed by atoms with van der Waals surface area (Å²) in [5.41, 5.74) is 1.47. The summed E-state index contributed by atoms with van der Waals surface area (Å²) < 4.78 is 4.65. The molecule has 3 amide bonds. The Bertz CT molecular complexity index is 969. The second kappa shape index (κ2) is 9.17. The van der Waals surface area contributed by atoms with Crippen LogP contribution in [0.4, 0.5) is 5.69 Å². The van der Waals surface area contributed by atoms with Crippen LogP contribution < -0.4 is 4.90 Å². The summed E-state index contributed by atoms with van der Waals surface area (Å²) in [4.78, 5) is 52.6. The molecule has 30 heavy (non-hydrogen) atoms. The third-order valence-corrected chi connectivity index (χ3v) is 4.89. The van der Waals surface area contributed by atoms with Gasteiger partial charge in [0.2, 0.25) is 11.8 Å². The summed E-state index contributed by atoms with van der Waals surface area (Å²) in [6.45, 7) is 3.83. The third-order valence-electron chi connectivity index (χ3n) is 4.89. The molecule has 1 aliphatic heterocycles. The van der Waals surface area contributed by atoms with Crippen LogP contribution in [-0.2, 0) is 25.5 Å². The summed E-state index contributed by atoms with van der Waals surface area (Å²) >= 11 is 0. The van der Waals surface area contributed by atoms with Crippen molar-refractivity contribution >= 4 is 29.4 Å². The van der Waals surface area contributed by atoms with Crippen LogP contribution in [0.15, 0.2) is 67.3 Å². The van der Waals surface area contributed by atoms with Crippen LogP contribution in [0.25, 0.3) is 0 Å². The van der Waals surface area contributed by atoms with Gasteiger partial charge in [-0.05, 0) is 29.8 Å². The minimum Gasteiger partial charge on any atom is -0.465 e. The summed E-state index contributed by atoms with van der Waals surface area (Å²) in [5.74, 6) is -1.65. The summed E-state index contributed by atoms with van der Waals surface area (Å²) in [6, 6.07) is 14.3. The second-order valence-electron chi connectivity index (χ2n) is 6.82. The minimum atomic E-state index is -0.896. The highest BCUT2D eigenvalue weighted by Crippen LogP contribution is 2.26. The number of hydrogen-bond acceptors (Lipinski definition) is 5. The van der Waals surface area contributed by atoms with Crippen LogP contribution in [0.2, 0.25) is 0 Å². The molecule has 0 radical (unpaired) electrons. The van der Waals surface area contributed by atoms with Crippen molar-refractivity contribution in [3.8, 4) is 0 Å². The lowest BCUT2D eigenvalue weighted by atomic mass is 10.1. The van der Waals surface area contributed by atoms with Gasteiger partial charge in [-0.3, -0.25) is 14.4 Å². The number of amides is 3. The normalized spacial score (nSPS) is 15.8. The number of imide groups is 1. The topological polar surface area (TPSA) is 84.0 Å². The smallest absolute Gasteiger partial charge is 0.337 e. The van der Waals surface area contributed by atoms with Gasteiger partial charge in [0.15, 0.2) is 0 Å². The largest absolute Gasteiger partial charge is 0.465 e. The first-order chi connectivity index (χ1) is 14.5. The molecule has 1 saturated heterocycles. The Kier molecular flexibility index (Phi) is 6.41. The standard InChI is InChI=1S/C23H22N2O5/c1-3-13-24(20(26)14-16-7-5-4-6-8-16)19-15-21(27)25(22(19)28)18-11-9-17(10-12-18)23(29)30-2/h3-12,19H,1,13-15H2,2H3. The highest BCUT2D eigenvalue weighted by molar-refractivity contribution is 6.23. The predicted molar refractivity (Wildman–Crippen MR) is 111 cm³/mol. The van der Waals surface area contributed by atoms with Crippen molar-refractivity contribution in [2.45, 2.75) is 18.9 Å². The Labute approximate surface area is 174 Å². The van der Waals surface area contributed by atoms with E-state index in [1.54, 1.807) is 0 Å². The van der Waals surface area contributed by atoms with Crippen LogP contribution >= 0.6 is 0 Å². The maximum Gasteiger partial charge on any atom is 0.337 e. The SMILES string of the molecule is C=CCN(C(=O)Cc1ccccc1)C1CC(=O)N(c2ccc(C(=O)OC)cc2)C1=O. The molecular weight excluding hydrogens is 384 g/mol.